The fourth-order valence-corrected chi connectivity index (χ4v) is 2.56. The molecule has 0 atom stereocenters. The van der Waals surface area contributed by atoms with Crippen LogP contribution in [0, 0.1) is 17.2 Å². The van der Waals surface area contributed by atoms with Gasteiger partial charge in [-0.3, -0.25) is 0 Å². The van der Waals surface area contributed by atoms with Gasteiger partial charge in [-0.2, -0.15) is 5.26 Å². The summed E-state index contributed by atoms with van der Waals surface area (Å²) in [6.07, 6.45) is 6.36. The fourth-order valence-electron chi connectivity index (χ4n) is 2.56. The Labute approximate surface area is 104 Å². The molecule has 1 aromatic carbocycles. The van der Waals surface area contributed by atoms with Crippen LogP contribution in [0.2, 0.25) is 0 Å². The zero-order valence-electron chi connectivity index (χ0n) is 10.3. The molecule has 1 aliphatic heterocycles. The molecule has 0 radical (unpaired) electrons. The van der Waals surface area contributed by atoms with Crippen LogP contribution in [0.1, 0.15) is 36.8 Å². The Kier molecular flexibility index (Phi) is 4.58. The van der Waals surface area contributed by atoms with E-state index in [1.54, 1.807) is 0 Å². The molecular weight excluding hydrogens is 208 g/mol. The predicted octanol–water partition coefficient (Wildman–Crippen LogP) is 2.88. The van der Waals surface area contributed by atoms with Gasteiger partial charge < -0.3 is 5.32 Å². The summed E-state index contributed by atoms with van der Waals surface area (Å²) in [5.41, 5.74) is 2.09. The number of piperidine rings is 1. The average Bonchev–Trinajstić information content (AvgIpc) is 2.40. The molecule has 1 N–H and O–H groups in total. The Bertz CT molecular complexity index is 386. The lowest BCUT2D eigenvalue weighted by atomic mass is 9.91. The third-order valence-electron chi connectivity index (χ3n) is 3.59. The lowest BCUT2D eigenvalue weighted by Gasteiger charge is -2.22. The van der Waals surface area contributed by atoms with Gasteiger partial charge in [0.15, 0.2) is 0 Å². The lowest BCUT2D eigenvalue weighted by Crippen LogP contribution is -2.27. The molecule has 0 saturated carbocycles. The molecular formula is C15H20N2. The van der Waals surface area contributed by atoms with Crippen LogP contribution in [0.3, 0.4) is 0 Å². The van der Waals surface area contributed by atoms with Crippen molar-refractivity contribution in [3.63, 3.8) is 0 Å². The number of nitriles is 1. The van der Waals surface area contributed by atoms with E-state index in [9.17, 15) is 0 Å². The number of benzene rings is 1. The van der Waals surface area contributed by atoms with Crippen LogP contribution >= 0.6 is 0 Å². The Morgan fingerprint density at radius 2 is 2.12 bits per heavy atom. The highest BCUT2D eigenvalue weighted by Gasteiger charge is 2.12. The molecule has 0 aliphatic carbocycles. The van der Waals surface area contributed by atoms with Crippen molar-refractivity contribution in [2.24, 2.45) is 5.92 Å². The Hall–Kier alpha value is -1.33. The molecule has 17 heavy (non-hydrogen) atoms. The van der Waals surface area contributed by atoms with Crippen molar-refractivity contribution in [3.05, 3.63) is 35.4 Å². The van der Waals surface area contributed by atoms with Crippen molar-refractivity contribution in [1.82, 2.24) is 5.32 Å². The number of rotatable bonds is 4. The zero-order chi connectivity index (χ0) is 11.9. The van der Waals surface area contributed by atoms with E-state index in [0.29, 0.717) is 0 Å². The number of nitrogens with zero attached hydrogens (tertiary/aromatic N) is 1. The first-order valence-corrected chi connectivity index (χ1v) is 6.58. The number of hydrogen-bond donors (Lipinski definition) is 1. The first-order chi connectivity index (χ1) is 8.38. The lowest BCUT2D eigenvalue weighted by molar-refractivity contribution is 0.347. The van der Waals surface area contributed by atoms with E-state index >= 15 is 0 Å². The van der Waals surface area contributed by atoms with Gasteiger partial charge in [0, 0.05) is 0 Å². The Morgan fingerprint density at radius 3 is 2.88 bits per heavy atom. The van der Waals surface area contributed by atoms with Crippen LogP contribution in [-0.2, 0) is 6.42 Å². The third kappa shape index (κ3) is 3.87. The molecule has 1 aliphatic rings. The maximum absolute atomic E-state index is 8.83. The van der Waals surface area contributed by atoms with Gasteiger partial charge in [-0.1, -0.05) is 18.6 Å². The van der Waals surface area contributed by atoms with Crippen molar-refractivity contribution < 1.29 is 0 Å². The summed E-state index contributed by atoms with van der Waals surface area (Å²) in [4.78, 5) is 0. The third-order valence-corrected chi connectivity index (χ3v) is 3.59. The summed E-state index contributed by atoms with van der Waals surface area (Å²) in [6.45, 7) is 2.38. The van der Waals surface area contributed by atoms with Crippen LogP contribution in [0.25, 0.3) is 0 Å². The van der Waals surface area contributed by atoms with Gasteiger partial charge in [0.2, 0.25) is 0 Å². The maximum atomic E-state index is 8.83. The minimum atomic E-state index is 0.782. The number of nitrogens with one attached hydrogen (secondary N) is 1. The fraction of sp³-hybridized carbons (Fsp3) is 0.533. The standard InChI is InChI=1S/C15H20N2/c16-12-15-6-2-5-14(11-15)4-1-3-13-7-9-17-10-8-13/h2,5-6,11,13,17H,1,3-4,7-10H2. The van der Waals surface area contributed by atoms with E-state index in [2.05, 4.69) is 17.5 Å². The number of aryl methyl sites for hydroxylation is 1. The van der Waals surface area contributed by atoms with Crippen molar-refractivity contribution in [3.8, 4) is 6.07 Å². The zero-order valence-corrected chi connectivity index (χ0v) is 10.3. The minimum absolute atomic E-state index is 0.782. The van der Waals surface area contributed by atoms with Gasteiger partial charge in [0.1, 0.15) is 0 Å². The molecule has 1 fully saturated rings. The molecule has 1 saturated heterocycles. The van der Waals surface area contributed by atoms with Crippen molar-refractivity contribution in [2.45, 2.75) is 32.1 Å². The molecule has 2 rings (SSSR count). The van der Waals surface area contributed by atoms with Crippen LogP contribution in [-0.4, -0.2) is 13.1 Å². The smallest absolute Gasteiger partial charge is 0.0991 e. The second-order valence-corrected chi connectivity index (χ2v) is 4.90. The molecule has 2 nitrogen and oxygen atoms in total. The van der Waals surface area contributed by atoms with Crippen LogP contribution in [0.4, 0.5) is 0 Å². The van der Waals surface area contributed by atoms with Gasteiger partial charge in [0.05, 0.1) is 11.6 Å². The molecule has 1 heterocycles. The highest BCUT2D eigenvalue weighted by atomic mass is 14.9. The Morgan fingerprint density at radius 1 is 1.29 bits per heavy atom. The van der Waals surface area contributed by atoms with Gasteiger partial charge in [-0.25, -0.2) is 0 Å². The van der Waals surface area contributed by atoms with Crippen LogP contribution in [0.5, 0.6) is 0 Å². The van der Waals surface area contributed by atoms with Crippen molar-refractivity contribution in [2.75, 3.05) is 13.1 Å². The summed E-state index contributed by atoms with van der Waals surface area (Å²) >= 11 is 0. The summed E-state index contributed by atoms with van der Waals surface area (Å²) < 4.78 is 0. The summed E-state index contributed by atoms with van der Waals surface area (Å²) in [6, 6.07) is 10.2. The van der Waals surface area contributed by atoms with Gasteiger partial charge in [0.25, 0.3) is 0 Å². The SMILES string of the molecule is N#Cc1cccc(CCCC2CCNCC2)c1. The average molecular weight is 228 g/mol. The molecule has 0 unspecified atom stereocenters. The quantitative estimate of drug-likeness (QED) is 0.860. The Balaban J connectivity index is 1.75. The summed E-state index contributed by atoms with van der Waals surface area (Å²) in [5.74, 6) is 0.912. The van der Waals surface area contributed by atoms with Crippen molar-refractivity contribution in [1.29, 1.82) is 5.26 Å². The predicted molar refractivity (Wildman–Crippen MR) is 69.7 cm³/mol. The van der Waals surface area contributed by atoms with E-state index in [0.717, 1.165) is 17.9 Å². The van der Waals surface area contributed by atoms with Gasteiger partial charge in [-0.15, -0.1) is 0 Å². The van der Waals surface area contributed by atoms with E-state index < -0.39 is 0 Å². The maximum Gasteiger partial charge on any atom is 0.0991 e. The molecule has 2 heteroatoms. The largest absolute Gasteiger partial charge is 0.317 e. The molecule has 90 valence electrons. The minimum Gasteiger partial charge on any atom is -0.317 e. The monoisotopic (exact) mass is 228 g/mol. The first kappa shape index (κ1) is 12.1. The summed E-state index contributed by atoms with van der Waals surface area (Å²) in [5, 5.41) is 12.2. The van der Waals surface area contributed by atoms with E-state index in [-0.39, 0.29) is 0 Å². The van der Waals surface area contributed by atoms with E-state index in [1.165, 1.54) is 44.3 Å². The molecule has 0 amide bonds. The second-order valence-electron chi connectivity index (χ2n) is 4.90. The molecule has 0 bridgehead atoms. The van der Waals surface area contributed by atoms with Crippen molar-refractivity contribution >= 4 is 0 Å². The molecule has 0 aromatic heterocycles. The topological polar surface area (TPSA) is 35.8 Å². The normalized spacial score (nSPS) is 16.6. The van der Waals surface area contributed by atoms with Gasteiger partial charge in [-0.05, 0) is 62.4 Å². The van der Waals surface area contributed by atoms with Crippen LogP contribution < -0.4 is 5.32 Å². The highest BCUT2D eigenvalue weighted by Crippen LogP contribution is 2.19. The molecule has 0 spiro atoms. The van der Waals surface area contributed by atoms with E-state index in [1.807, 2.05) is 18.2 Å². The summed E-state index contributed by atoms with van der Waals surface area (Å²) in [7, 11) is 0. The second kappa shape index (κ2) is 6.42. The number of hydrogen-bond acceptors (Lipinski definition) is 2. The molecule has 1 aromatic rings. The van der Waals surface area contributed by atoms with Gasteiger partial charge >= 0.3 is 0 Å². The first-order valence-electron chi connectivity index (χ1n) is 6.58. The van der Waals surface area contributed by atoms with E-state index in [4.69, 9.17) is 5.26 Å². The van der Waals surface area contributed by atoms with Crippen LogP contribution in [0.15, 0.2) is 24.3 Å². The highest BCUT2D eigenvalue weighted by molar-refractivity contribution is 5.32.